The largest absolute Gasteiger partial charge is 0.394 e. The lowest BCUT2D eigenvalue weighted by Crippen LogP contribution is -2.32. The first-order chi connectivity index (χ1) is 12.9. The second-order valence-corrected chi connectivity index (χ2v) is 7.74. The van der Waals surface area contributed by atoms with Crippen molar-refractivity contribution < 1.29 is 4.84 Å². The van der Waals surface area contributed by atoms with Gasteiger partial charge in [-0.1, -0.05) is 59.6 Å². The van der Waals surface area contributed by atoms with Gasteiger partial charge in [0.1, 0.15) is 12.3 Å². The van der Waals surface area contributed by atoms with Gasteiger partial charge in [-0.15, -0.1) is 0 Å². The zero-order valence-electron chi connectivity index (χ0n) is 15.3. The first-order valence-corrected chi connectivity index (χ1v) is 10.0. The molecule has 1 heterocycles. The fourth-order valence-corrected chi connectivity index (χ4v) is 4.60. The van der Waals surface area contributed by atoms with E-state index in [2.05, 4.69) is 52.5 Å². The zero-order valence-corrected chi connectivity index (χ0v) is 15.3. The van der Waals surface area contributed by atoms with Crippen molar-refractivity contribution in [3.63, 3.8) is 0 Å². The maximum atomic E-state index is 5.85. The fraction of sp³-hybridized carbons (Fsp3) is 0.435. The first kappa shape index (κ1) is 16.1. The van der Waals surface area contributed by atoms with Crippen molar-refractivity contribution in [2.75, 3.05) is 26.2 Å². The Morgan fingerprint density at radius 2 is 2.00 bits per heavy atom. The van der Waals surface area contributed by atoms with E-state index in [9.17, 15) is 0 Å². The SMILES string of the molecule is C1=CCC2=C3CC3c3ccccc3/C(=N\OCCN3CCCCC3)C2=C1. The van der Waals surface area contributed by atoms with E-state index in [1.54, 1.807) is 5.57 Å². The van der Waals surface area contributed by atoms with Gasteiger partial charge in [0.05, 0.1) is 0 Å². The number of rotatable bonds is 4. The third kappa shape index (κ3) is 2.95. The molecule has 3 aliphatic carbocycles. The van der Waals surface area contributed by atoms with Crippen molar-refractivity contribution in [1.82, 2.24) is 4.90 Å². The monoisotopic (exact) mass is 346 g/mol. The Morgan fingerprint density at radius 3 is 2.92 bits per heavy atom. The van der Waals surface area contributed by atoms with Gasteiger partial charge in [-0.3, -0.25) is 4.90 Å². The van der Waals surface area contributed by atoms with E-state index in [0.29, 0.717) is 12.5 Å². The molecule has 134 valence electrons. The van der Waals surface area contributed by atoms with Gasteiger partial charge in [0, 0.05) is 23.6 Å². The highest BCUT2D eigenvalue weighted by atomic mass is 16.6. The topological polar surface area (TPSA) is 24.8 Å². The average Bonchev–Trinajstić information content (AvgIpc) is 3.50. The molecule has 3 nitrogen and oxygen atoms in total. The van der Waals surface area contributed by atoms with Crippen molar-refractivity contribution in [1.29, 1.82) is 0 Å². The lowest BCUT2D eigenvalue weighted by atomic mass is 9.90. The van der Waals surface area contributed by atoms with E-state index >= 15 is 0 Å². The summed E-state index contributed by atoms with van der Waals surface area (Å²) < 4.78 is 0. The molecule has 0 N–H and O–H groups in total. The van der Waals surface area contributed by atoms with Crippen LogP contribution in [0.2, 0.25) is 0 Å². The van der Waals surface area contributed by atoms with Crippen LogP contribution in [-0.2, 0) is 4.84 Å². The molecule has 1 atom stereocenters. The standard InChI is InChI=1S/C23H26N2O/c1-6-12-25(13-7-1)14-15-26-24-23-19-10-4-2-8-17(19)21-16-22(21)18-9-3-5-11-20(18)23/h2-5,8,10-11,21H,1,6-7,9,12-16H2/b24-23+. The van der Waals surface area contributed by atoms with Crippen molar-refractivity contribution in [3.05, 3.63) is 70.3 Å². The molecule has 1 aliphatic heterocycles. The maximum Gasteiger partial charge on any atom is 0.129 e. The molecule has 0 spiro atoms. The highest BCUT2D eigenvalue weighted by Crippen LogP contribution is 2.54. The second-order valence-electron chi connectivity index (χ2n) is 7.74. The van der Waals surface area contributed by atoms with Gasteiger partial charge in [0.15, 0.2) is 0 Å². The summed E-state index contributed by atoms with van der Waals surface area (Å²) in [7, 11) is 0. The van der Waals surface area contributed by atoms with Gasteiger partial charge in [-0.2, -0.15) is 0 Å². The Labute approximate surface area is 155 Å². The molecule has 5 rings (SSSR count). The summed E-state index contributed by atoms with van der Waals surface area (Å²) in [4.78, 5) is 8.34. The minimum Gasteiger partial charge on any atom is -0.394 e. The van der Waals surface area contributed by atoms with Crippen LogP contribution >= 0.6 is 0 Å². The number of nitrogens with zero attached hydrogens (tertiary/aromatic N) is 2. The van der Waals surface area contributed by atoms with Gasteiger partial charge in [-0.25, -0.2) is 0 Å². The van der Waals surface area contributed by atoms with E-state index in [1.807, 2.05) is 0 Å². The van der Waals surface area contributed by atoms with Crippen molar-refractivity contribution >= 4 is 5.71 Å². The molecule has 3 heteroatoms. The Morgan fingerprint density at radius 1 is 1.12 bits per heavy atom. The van der Waals surface area contributed by atoms with E-state index in [-0.39, 0.29) is 0 Å². The van der Waals surface area contributed by atoms with Gasteiger partial charge in [0.2, 0.25) is 0 Å². The van der Waals surface area contributed by atoms with Crippen molar-refractivity contribution in [3.8, 4) is 0 Å². The second kappa shape index (κ2) is 6.88. The number of fused-ring (bicyclic) bond motifs is 4. The molecule has 26 heavy (non-hydrogen) atoms. The van der Waals surface area contributed by atoms with E-state index in [1.165, 1.54) is 61.0 Å². The zero-order chi connectivity index (χ0) is 17.3. The van der Waals surface area contributed by atoms with E-state index < -0.39 is 0 Å². The summed E-state index contributed by atoms with van der Waals surface area (Å²) in [5.74, 6) is 0.595. The number of hydrogen-bond acceptors (Lipinski definition) is 3. The Kier molecular flexibility index (Phi) is 4.25. The number of allylic oxidation sites excluding steroid dienone is 6. The van der Waals surface area contributed by atoms with Crippen LogP contribution in [0.3, 0.4) is 0 Å². The Hall–Kier alpha value is -2.13. The number of benzene rings is 1. The van der Waals surface area contributed by atoms with Crippen molar-refractivity contribution in [2.45, 2.75) is 38.0 Å². The van der Waals surface area contributed by atoms with E-state index in [0.717, 1.165) is 18.7 Å². The predicted octanol–water partition coefficient (Wildman–Crippen LogP) is 4.58. The number of likely N-dealkylation sites (tertiary alicyclic amines) is 1. The van der Waals surface area contributed by atoms with Crippen LogP contribution in [0.1, 0.15) is 49.1 Å². The van der Waals surface area contributed by atoms with Crippen LogP contribution in [-0.4, -0.2) is 36.9 Å². The quantitative estimate of drug-likeness (QED) is 0.589. The molecule has 0 aromatic heterocycles. The summed E-state index contributed by atoms with van der Waals surface area (Å²) in [5, 5.41) is 4.66. The number of oxime groups is 1. The first-order valence-electron chi connectivity index (χ1n) is 10.0. The molecule has 0 radical (unpaired) electrons. The third-order valence-electron chi connectivity index (χ3n) is 6.07. The van der Waals surface area contributed by atoms with Gasteiger partial charge in [0.25, 0.3) is 0 Å². The van der Waals surface area contributed by atoms with Gasteiger partial charge in [-0.05, 0) is 49.9 Å². The minimum absolute atomic E-state index is 0.595. The highest BCUT2D eigenvalue weighted by molar-refractivity contribution is 6.17. The summed E-state index contributed by atoms with van der Waals surface area (Å²) in [6.07, 6.45) is 12.9. The molecule has 1 unspecified atom stereocenters. The summed E-state index contributed by atoms with van der Waals surface area (Å²) >= 11 is 0. The van der Waals surface area contributed by atoms with Crippen LogP contribution in [0.4, 0.5) is 0 Å². The van der Waals surface area contributed by atoms with Crippen LogP contribution in [0, 0.1) is 0 Å². The lowest BCUT2D eigenvalue weighted by Gasteiger charge is -2.25. The molecule has 1 saturated carbocycles. The molecular formula is C23H26N2O. The van der Waals surface area contributed by atoms with Crippen LogP contribution in [0.15, 0.2) is 64.4 Å². The van der Waals surface area contributed by atoms with Gasteiger partial charge < -0.3 is 4.84 Å². The van der Waals surface area contributed by atoms with Crippen LogP contribution < -0.4 is 0 Å². The molecule has 1 saturated heterocycles. The molecule has 4 aliphatic rings. The minimum atomic E-state index is 0.595. The molecule has 1 aromatic rings. The maximum absolute atomic E-state index is 5.85. The smallest absolute Gasteiger partial charge is 0.129 e. The average molecular weight is 346 g/mol. The van der Waals surface area contributed by atoms with Crippen molar-refractivity contribution in [2.24, 2.45) is 5.16 Å². The summed E-state index contributed by atoms with van der Waals surface area (Å²) in [5.41, 5.74) is 8.05. The summed E-state index contributed by atoms with van der Waals surface area (Å²) in [6, 6.07) is 8.74. The molecule has 2 fully saturated rings. The fourth-order valence-electron chi connectivity index (χ4n) is 4.60. The molecule has 0 bridgehead atoms. The normalized spacial score (nSPS) is 25.9. The Bertz CT molecular complexity index is 824. The number of piperidine rings is 1. The highest BCUT2D eigenvalue weighted by Gasteiger charge is 2.40. The molecule has 1 aromatic carbocycles. The molecule has 0 amide bonds. The number of hydrogen-bond donors (Lipinski definition) is 0. The van der Waals surface area contributed by atoms with E-state index in [4.69, 9.17) is 4.84 Å². The van der Waals surface area contributed by atoms with Crippen LogP contribution in [0.25, 0.3) is 0 Å². The van der Waals surface area contributed by atoms with Crippen LogP contribution in [0.5, 0.6) is 0 Å². The van der Waals surface area contributed by atoms with Gasteiger partial charge >= 0.3 is 0 Å². The Balaban J connectivity index is 1.40. The molecular weight excluding hydrogens is 320 g/mol. The third-order valence-corrected chi connectivity index (χ3v) is 6.07. The lowest BCUT2D eigenvalue weighted by molar-refractivity contribution is 0.103. The predicted molar refractivity (Wildman–Crippen MR) is 105 cm³/mol. The summed E-state index contributed by atoms with van der Waals surface area (Å²) in [6.45, 7) is 4.06.